The number of hydrogen-bond acceptors (Lipinski definition) is 3. The summed E-state index contributed by atoms with van der Waals surface area (Å²) < 4.78 is 11.4. The highest BCUT2D eigenvalue weighted by Crippen LogP contribution is 2.38. The second kappa shape index (κ2) is 6.04. The quantitative estimate of drug-likeness (QED) is 0.440. The lowest BCUT2D eigenvalue weighted by Gasteiger charge is -2.33. The van der Waals surface area contributed by atoms with E-state index in [2.05, 4.69) is 58.5 Å². The van der Waals surface area contributed by atoms with E-state index in [1.165, 1.54) is 10.8 Å². The maximum atomic E-state index is 12.6. The number of rotatable bonds is 2. The summed E-state index contributed by atoms with van der Waals surface area (Å²) in [5, 5.41) is 4.21. The van der Waals surface area contributed by atoms with Gasteiger partial charge in [0.1, 0.15) is 5.52 Å². The van der Waals surface area contributed by atoms with E-state index in [9.17, 15) is 4.79 Å². The lowest BCUT2D eigenvalue weighted by atomic mass is 9.96. The van der Waals surface area contributed by atoms with Gasteiger partial charge in [-0.2, -0.15) is 0 Å². The predicted octanol–water partition coefficient (Wildman–Crippen LogP) is 5.22. The monoisotopic (exact) mass is 382 g/mol. The van der Waals surface area contributed by atoms with Crippen molar-refractivity contribution >= 4 is 32.6 Å². The van der Waals surface area contributed by atoms with Crippen molar-refractivity contribution in [3.63, 3.8) is 0 Å². The van der Waals surface area contributed by atoms with Crippen LogP contribution in [0.3, 0.4) is 0 Å². The summed E-state index contributed by atoms with van der Waals surface area (Å²) >= 11 is 0. The summed E-state index contributed by atoms with van der Waals surface area (Å²) in [7, 11) is 0. The van der Waals surface area contributed by atoms with Crippen LogP contribution < -0.4 is 5.56 Å². The summed E-state index contributed by atoms with van der Waals surface area (Å²) in [5.74, 6) is 0. The first kappa shape index (κ1) is 16.5. The molecular weight excluding hydrogens is 364 g/mol. The minimum absolute atomic E-state index is 0.149. The SMILES string of the molecule is CC1OC(c2c[nH]c3c(=O)[nH]c4ccc(-c5cccc6ccccc56)cc4c23)O1. The second-order valence-electron chi connectivity index (χ2n) is 7.41. The van der Waals surface area contributed by atoms with Crippen LogP contribution in [-0.4, -0.2) is 16.3 Å². The molecule has 1 aliphatic heterocycles. The molecule has 1 aliphatic rings. The summed E-state index contributed by atoms with van der Waals surface area (Å²) in [6.45, 7) is 1.86. The van der Waals surface area contributed by atoms with E-state index in [-0.39, 0.29) is 11.8 Å². The van der Waals surface area contributed by atoms with Crippen molar-refractivity contribution in [2.45, 2.75) is 19.5 Å². The highest BCUT2D eigenvalue weighted by atomic mass is 16.9. The minimum atomic E-state index is -0.454. The van der Waals surface area contributed by atoms with Gasteiger partial charge in [-0.05, 0) is 41.0 Å². The molecular formula is C24H18N2O3. The van der Waals surface area contributed by atoms with Gasteiger partial charge in [-0.15, -0.1) is 0 Å². The van der Waals surface area contributed by atoms with Crippen molar-refractivity contribution in [1.29, 1.82) is 0 Å². The molecule has 2 aromatic heterocycles. The molecule has 29 heavy (non-hydrogen) atoms. The summed E-state index contributed by atoms with van der Waals surface area (Å²) in [6.07, 6.45) is 1.12. The van der Waals surface area contributed by atoms with E-state index in [1.54, 1.807) is 6.20 Å². The molecule has 3 aromatic carbocycles. The molecule has 0 amide bonds. The van der Waals surface area contributed by atoms with E-state index < -0.39 is 6.29 Å². The van der Waals surface area contributed by atoms with Gasteiger partial charge in [-0.1, -0.05) is 48.5 Å². The number of hydrogen-bond donors (Lipinski definition) is 2. The van der Waals surface area contributed by atoms with Crippen molar-refractivity contribution in [1.82, 2.24) is 9.97 Å². The van der Waals surface area contributed by atoms with Crippen molar-refractivity contribution in [3.05, 3.63) is 82.8 Å². The number of fused-ring (bicyclic) bond motifs is 4. The Morgan fingerprint density at radius 2 is 1.76 bits per heavy atom. The molecule has 0 saturated carbocycles. The Balaban J connectivity index is 1.64. The molecule has 3 heterocycles. The summed E-state index contributed by atoms with van der Waals surface area (Å²) in [5.41, 5.74) is 4.28. The number of H-pyrrole nitrogens is 2. The number of pyridine rings is 1. The molecule has 0 atom stereocenters. The first-order valence-corrected chi connectivity index (χ1v) is 9.65. The van der Waals surface area contributed by atoms with E-state index in [1.807, 2.05) is 19.1 Å². The predicted molar refractivity (Wildman–Crippen MR) is 114 cm³/mol. The van der Waals surface area contributed by atoms with Gasteiger partial charge in [0.2, 0.25) is 0 Å². The third-order valence-electron chi connectivity index (χ3n) is 5.66. The van der Waals surface area contributed by atoms with Crippen molar-refractivity contribution in [2.24, 2.45) is 0 Å². The van der Waals surface area contributed by atoms with E-state index >= 15 is 0 Å². The van der Waals surface area contributed by atoms with Crippen molar-refractivity contribution in [2.75, 3.05) is 0 Å². The molecule has 1 saturated heterocycles. The zero-order chi connectivity index (χ0) is 19.5. The molecule has 1 fully saturated rings. The average molecular weight is 382 g/mol. The molecule has 142 valence electrons. The van der Waals surface area contributed by atoms with E-state index in [0.29, 0.717) is 5.52 Å². The normalized spacial score (nSPS) is 19.1. The standard InChI is InChI=1S/C24H18N2O3/c1-13-28-24(29-13)19-12-25-22-21(19)18-11-15(9-10-20(18)26-23(22)27)17-8-4-6-14-5-2-3-7-16(14)17/h2-13,24-25H,1H3,(H,26,27). The number of nitrogens with one attached hydrogen (secondary N) is 2. The van der Waals surface area contributed by atoms with Gasteiger partial charge < -0.3 is 19.4 Å². The zero-order valence-corrected chi connectivity index (χ0v) is 15.7. The highest BCUT2D eigenvalue weighted by molar-refractivity contribution is 6.08. The van der Waals surface area contributed by atoms with E-state index in [4.69, 9.17) is 9.47 Å². The summed E-state index contributed by atoms with van der Waals surface area (Å²) in [4.78, 5) is 18.6. The van der Waals surface area contributed by atoms with Gasteiger partial charge in [0.25, 0.3) is 5.56 Å². The first-order chi connectivity index (χ1) is 14.2. The van der Waals surface area contributed by atoms with Gasteiger partial charge in [0.15, 0.2) is 12.6 Å². The molecule has 0 aliphatic carbocycles. The molecule has 2 N–H and O–H groups in total. The molecule has 5 aromatic rings. The van der Waals surface area contributed by atoms with Crippen molar-refractivity contribution < 1.29 is 9.47 Å². The third kappa shape index (κ3) is 2.45. The van der Waals surface area contributed by atoms with Gasteiger partial charge in [0, 0.05) is 28.0 Å². The van der Waals surface area contributed by atoms with Crippen LogP contribution in [0, 0.1) is 0 Å². The van der Waals surface area contributed by atoms with Crippen LogP contribution >= 0.6 is 0 Å². The molecule has 5 nitrogen and oxygen atoms in total. The first-order valence-electron chi connectivity index (χ1n) is 9.65. The average Bonchev–Trinajstić information content (AvgIpc) is 3.16. The Labute approximate surface area is 165 Å². The van der Waals surface area contributed by atoms with Crippen LogP contribution in [0.25, 0.3) is 43.7 Å². The molecule has 0 spiro atoms. The number of benzene rings is 3. The molecule has 6 rings (SSSR count). The fourth-order valence-electron chi connectivity index (χ4n) is 4.29. The molecule has 0 bridgehead atoms. The fraction of sp³-hybridized carbons (Fsp3) is 0.125. The Morgan fingerprint density at radius 3 is 2.62 bits per heavy atom. The maximum Gasteiger partial charge on any atom is 0.272 e. The Kier molecular flexibility index (Phi) is 3.45. The topological polar surface area (TPSA) is 67.1 Å². The zero-order valence-electron chi connectivity index (χ0n) is 15.7. The van der Waals surface area contributed by atoms with Gasteiger partial charge in [-0.3, -0.25) is 4.79 Å². The molecule has 0 radical (unpaired) electrons. The van der Waals surface area contributed by atoms with Gasteiger partial charge in [-0.25, -0.2) is 0 Å². The molecule has 0 unspecified atom stereocenters. The van der Waals surface area contributed by atoms with Gasteiger partial charge in [0.05, 0.1) is 0 Å². The Morgan fingerprint density at radius 1 is 0.931 bits per heavy atom. The van der Waals surface area contributed by atoms with Crippen LogP contribution in [0.2, 0.25) is 0 Å². The van der Waals surface area contributed by atoms with Crippen LogP contribution in [0.5, 0.6) is 0 Å². The Bertz CT molecular complexity index is 1450. The second-order valence-corrected chi connectivity index (χ2v) is 7.41. The maximum absolute atomic E-state index is 12.6. The van der Waals surface area contributed by atoms with Crippen LogP contribution in [-0.2, 0) is 9.47 Å². The minimum Gasteiger partial charge on any atom is -0.356 e. The lowest BCUT2D eigenvalue weighted by Crippen LogP contribution is -2.31. The highest BCUT2D eigenvalue weighted by Gasteiger charge is 2.31. The third-order valence-corrected chi connectivity index (χ3v) is 5.66. The molecule has 5 heteroatoms. The van der Waals surface area contributed by atoms with Crippen LogP contribution in [0.1, 0.15) is 18.8 Å². The van der Waals surface area contributed by atoms with Crippen LogP contribution in [0.15, 0.2) is 71.7 Å². The van der Waals surface area contributed by atoms with Gasteiger partial charge >= 0.3 is 0 Å². The smallest absolute Gasteiger partial charge is 0.272 e. The fourth-order valence-corrected chi connectivity index (χ4v) is 4.29. The van der Waals surface area contributed by atoms with Crippen molar-refractivity contribution in [3.8, 4) is 11.1 Å². The number of ether oxygens (including phenoxy) is 2. The number of aromatic nitrogens is 2. The summed E-state index contributed by atoms with van der Waals surface area (Å²) in [6, 6.07) is 20.8. The largest absolute Gasteiger partial charge is 0.356 e. The Hall–Kier alpha value is -3.41. The van der Waals surface area contributed by atoms with E-state index in [0.717, 1.165) is 33.0 Å². The van der Waals surface area contributed by atoms with Crippen LogP contribution in [0.4, 0.5) is 0 Å². The lowest BCUT2D eigenvalue weighted by molar-refractivity contribution is -0.382. The number of aromatic amines is 2.